The van der Waals surface area contributed by atoms with Crippen molar-refractivity contribution in [2.45, 2.75) is 39.5 Å². The van der Waals surface area contributed by atoms with Gasteiger partial charge in [0.05, 0.1) is 14.2 Å². The molecule has 1 aromatic carbocycles. The van der Waals surface area contributed by atoms with E-state index in [1.165, 1.54) is 0 Å². The molecule has 0 radical (unpaired) electrons. The first-order chi connectivity index (χ1) is 15.8. The van der Waals surface area contributed by atoms with Crippen LogP contribution in [0.2, 0.25) is 0 Å². The van der Waals surface area contributed by atoms with Gasteiger partial charge in [-0.2, -0.15) is 0 Å². The van der Waals surface area contributed by atoms with Gasteiger partial charge in [0.2, 0.25) is 0 Å². The molecule has 7 heteroatoms. The number of methoxy groups -OCH3 is 2. The maximum Gasteiger partial charge on any atom is 0.255 e. The molecule has 4 rings (SSSR count). The third-order valence-corrected chi connectivity index (χ3v) is 6.15. The van der Waals surface area contributed by atoms with Crippen LogP contribution in [0.4, 0.5) is 5.82 Å². The van der Waals surface area contributed by atoms with E-state index in [0.717, 1.165) is 29.1 Å². The first kappa shape index (κ1) is 22.6. The van der Waals surface area contributed by atoms with E-state index in [4.69, 9.17) is 9.47 Å². The Hall–Kier alpha value is -3.61. The number of rotatable bonds is 5. The van der Waals surface area contributed by atoms with Crippen molar-refractivity contribution >= 4 is 17.5 Å². The monoisotopic (exact) mass is 447 g/mol. The Morgan fingerprint density at radius 2 is 1.85 bits per heavy atom. The number of aromatic nitrogens is 1. The zero-order valence-electron chi connectivity index (χ0n) is 19.6. The highest BCUT2D eigenvalue weighted by molar-refractivity contribution is 6.09. The molecule has 33 heavy (non-hydrogen) atoms. The van der Waals surface area contributed by atoms with Crippen LogP contribution in [0.15, 0.2) is 58.9 Å². The van der Waals surface area contributed by atoms with E-state index < -0.39 is 5.92 Å². The van der Waals surface area contributed by atoms with E-state index >= 15 is 0 Å². The fraction of sp³-hybridized carbons (Fsp3) is 0.346. The second kappa shape index (κ2) is 9.10. The van der Waals surface area contributed by atoms with Crippen molar-refractivity contribution in [3.63, 3.8) is 0 Å². The maximum atomic E-state index is 13.6. The van der Waals surface area contributed by atoms with E-state index in [9.17, 15) is 9.59 Å². The quantitative estimate of drug-likeness (QED) is 0.712. The summed E-state index contributed by atoms with van der Waals surface area (Å²) in [7, 11) is 3.15. The van der Waals surface area contributed by atoms with Crippen LogP contribution in [0.5, 0.6) is 11.5 Å². The number of carbonyl (C=O) groups is 2. The number of pyridine rings is 1. The summed E-state index contributed by atoms with van der Waals surface area (Å²) in [6, 6.07) is 11.0. The second-order valence-electron chi connectivity index (χ2n) is 8.66. The third-order valence-electron chi connectivity index (χ3n) is 6.15. The van der Waals surface area contributed by atoms with Gasteiger partial charge < -0.3 is 20.1 Å². The number of allylic oxidation sites excluding steroid dienone is 3. The summed E-state index contributed by atoms with van der Waals surface area (Å²) < 4.78 is 10.9. The maximum absolute atomic E-state index is 13.6. The standard InChI is InChI=1S/C26H29N3O4/c1-14-11-18-25(19(30)12-14)24(17-9-10-20(32-4)21(13-17)33-5)23(16(3)28-18)26(31)29-22-8-6-7-15(2)27-22/h6-10,13-14,24,28H,11-12H2,1-5H3,(H,27,29,31)/t14-,24-/m0/s1. The van der Waals surface area contributed by atoms with Gasteiger partial charge in [0, 0.05) is 40.6 Å². The Bertz CT molecular complexity index is 1180. The van der Waals surface area contributed by atoms with Crippen LogP contribution in [0.25, 0.3) is 0 Å². The van der Waals surface area contributed by atoms with Crippen LogP contribution in [-0.2, 0) is 9.59 Å². The predicted molar refractivity (Wildman–Crippen MR) is 126 cm³/mol. The van der Waals surface area contributed by atoms with Gasteiger partial charge >= 0.3 is 0 Å². The van der Waals surface area contributed by atoms with E-state index in [2.05, 4.69) is 22.5 Å². The summed E-state index contributed by atoms with van der Waals surface area (Å²) in [5, 5.41) is 6.27. The highest BCUT2D eigenvalue weighted by Crippen LogP contribution is 2.45. The van der Waals surface area contributed by atoms with Gasteiger partial charge in [-0.25, -0.2) is 4.98 Å². The number of benzene rings is 1. The molecule has 0 unspecified atom stereocenters. The number of carbonyl (C=O) groups excluding carboxylic acids is 2. The summed E-state index contributed by atoms with van der Waals surface area (Å²) in [6.07, 6.45) is 1.22. The highest BCUT2D eigenvalue weighted by Gasteiger charge is 2.40. The van der Waals surface area contributed by atoms with Crippen LogP contribution < -0.4 is 20.1 Å². The van der Waals surface area contributed by atoms with Crippen molar-refractivity contribution in [2.24, 2.45) is 5.92 Å². The lowest BCUT2D eigenvalue weighted by Gasteiger charge is -2.36. The van der Waals surface area contributed by atoms with Gasteiger partial charge in [-0.15, -0.1) is 0 Å². The average Bonchev–Trinajstić information content (AvgIpc) is 2.77. The lowest BCUT2D eigenvalue weighted by molar-refractivity contribution is -0.117. The molecule has 2 heterocycles. The summed E-state index contributed by atoms with van der Waals surface area (Å²) >= 11 is 0. The number of nitrogens with zero attached hydrogens (tertiary/aromatic N) is 1. The topological polar surface area (TPSA) is 89.5 Å². The van der Waals surface area contributed by atoms with Gasteiger partial charge in [0.15, 0.2) is 17.3 Å². The van der Waals surface area contributed by atoms with Crippen molar-refractivity contribution in [2.75, 3.05) is 19.5 Å². The molecule has 1 aliphatic carbocycles. The minimum atomic E-state index is -0.522. The molecule has 2 aliphatic rings. The van der Waals surface area contributed by atoms with Crippen molar-refractivity contribution in [3.05, 3.63) is 70.2 Å². The minimum absolute atomic E-state index is 0.0579. The molecule has 0 saturated carbocycles. The molecule has 0 saturated heterocycles. The summed E-state index contributed by atoms with van der Waals surface area (Å²) in [5.74, 6) is 1.09. The molecule has 2 N–H and O–H groups in total. The molecule has 1 amide bonds. The molecular weight excluding hydrogens is 418 g/mol. The molecular formula is C26H29N3O4. The van der Waals surface area contributed by atoms with Gasteiger partial charge in [-0.1, -0.05) is 19.1 Å². The number of aryl methyl sites for hydroxylation is 1. The molecule has 0 spiro atoms. The number of ketones is 1. The molecule has 7 nitrogen and oxygen atoms in total. The van der Waals surface area contributed by atoms with Crippen LogP contribution in [0.1, 0.15) is 43.9 Å². The summed E-state index contributed by atoms with van der Waals surface area (Å²) in [5.41, 5.74) is 4.35. The van der Waals surface area contributed by atoms with Gasteiger partial charge in [-0.05, 0) is 56.0 Å². The Kier molecular flexibility index (Phi) is 6.22. The SMILES string of the molecule is COc1ccc([C@H]2C(C(=O)Nc3cccc(C)n3)=C(C)NC3=C2C(=O)C[C@@H](C)C3)cc1OC. The minimum Gasteiger partial charge on any atom is -0.493 e. The third kappa shape index (κ3) is 4.35. The number of dihydropyridines is 1. The molecule has 1 aliphatic heterocycles. The lowest BCUT2D eigenvalue weighted by atomic mass is 9.73. The number of ether oxygens (including phenoxy) is 2. The molecule has 1 aromatic heterocycles. The van der Waals surface area contributed by atoms with Crippen LogP contribution in [0.3, 0.4) is 0 Å². The Morgan fingerprint density at radius 3 is 2.55 bits per heavy atom. The van der Waals surface area contributed by atoms with E-state index in [0.29, 0.717) is 34.9 Å². The van der Waals surface area contributed by atoms with Crippen molar-refractivity contribution < 1.29 is 19.1 Å². The molecule has 2 aromatic rings. The van der Waals surface area contributed by atoms with Gasteiger partial charge in [-0.3, -0.25) is 9.59 Å². The molecule has 172 valence electrons. The fourth-order valence-corrected chi connectivity index (χ4v) is 4.70. The Morgan fingerprint density at radius 1 is 1.09 bits per heavy atom. The van der Waals surface area contributed by atoms with E-state index in [1.54, 1.807) is 26.4 Å². The largest absolute Gasteiger partial charge is 0.493 e. The summed E-state index contributed by atoms with van der Waals surface area (Å²) in [4.78, 5) is 31.2. The predicted octanol–water partition coefficient (Wildman–Crippen LogP) is 4.26. The number of amides is 1. The number of hydrogen-bond donors (Lipinski definition) is 2. The van der Waals surface area contributed by atoms with Gasteiger partial charge in [0.25, 0.3) is 5.91 Å². The van der Waals surface area contributed by atoms with Crippen molar-refractivity contribution in [1.29, 1.82) is 0 Å². The number of hydrogen-bond acceptors (Lipinski definition) is 6. The van der Waals surface area contributed by atoms with E-state index in [1.807, 2.05) is 38.1 Å². The summed E-state index contributed by atoms with van der Waals surface area (Å²) in [6.45, 7) is 5.81. The number of nitrogens with one attached hydrogen (secondary N) is 2. The average molecular weight is 448 g/mol. The van der Waals surface area contributed by atoms with Crippen LogP contribution in [0, 0.1) is 12.8 Å². The first-order valence-electron chi connectivity index (χ1n) is 11.0. The first-order valence-corrected chi connectivity index (χ1v) is 11.0. The number of Topliss-reactive ketones (excluding diaryl/α,β-unsaturated/α-hetero) is 1. The molecule has 0 fully saturated rings. The second-order valence-corrected chi connectivity index (χ2v) is 8.66. The van der Waals surface area contributed by atoms with Crippen molar-refractivity contribution in [1.82, 2.24) is 10.3 Å². The smallest absolute Gasteiger partial charge is 0.255 e. The highest BCUT2D eigenvalue weighted by atomic mass is 16.5. The van der Waals surface area contributed by atoms with E-state index in [-0.39, 0.29) is 17.6 Å². The zero-order chi connectivity index (χ0) is 23.7. The van der Waals surface area contributed by atoms with Crippen LogP contribution in [-0.4, -0.2) is 30.9 Å². The van der Waals surface area contributed by atoms with Crippen molar-refractivity contribution in [3.8, 4) is 11.5 Å². The fourth-order valence-electron chi connectivity index (χ4n) is 4.70. The van der Waals surface area contributed by atoms with Crippen LogP contribution >= 0.6 is 0 Å². The zero-order valence-corrected chi connectivity index (χ0v) is 19.6. The lowest BCUT2D eigenvalue weighted by Crippen LogP contribution is -2.37. The number of anilines is 1. The Labute approximate surface area is 193 Å². The van der Waals surface area contributed by atoms with Gasteiger partial charge in [0.1, 0.15) is 5.82 Å². The Balaban J connectivity index is 1.83. The normalized spacial score (nSPS) is 20.2. The molecule has 2 atom stereocenters. The molecule has 0 bridgehead atoms.